The maximum Gasteiger partial charge on any atom is 0.161 e. The Bertz CT molecular complexity index is 587. The third kappa shape index (κ3) is 3.52. The zero-order valence-electron chi connectivity index (χ0n) is 12.2. The van der Waals surface area contributed by atoms with Gasteiger partial charge in [0.25, 0.3) is 0 Å². The van der Waals surface area contributed by atoms with Crippen LogP contribution in [-0.2, 0) is 6.42 Å². The number of ether oxygens (including phenoxy) is 2. The van der Waals surface area contributed by atoms with Crippen molar-refractivity contribution in [2.75, 3.05) is 19.8 Å². The molecule has 0 radical (unpaired) electrons. The van der Waals surface area contributed by atoms with Gasteiger partial charge in [-0.2, -0.15) is 0 Å². The van der Waals surface area contributed by atoms with Crippen molar-refractivity contribution in [1.29, 1.82) is 0 Å². The van der Waals surface area contributed by atoms with E-state index in [0.29, 0.717) is 13.2 Å². The fourth-order valence-electron chi connectivity index (χ4n) is 2.41. The molecule has 3 rings (SSSR count). The van der Waals surface area contributed by atoms with E-state index in [1.54, 1.807) is 0 Å². The predicted molar refractivity (Wildman–Crippen MR) is 81.8 cm³/mol. The molecule has 1 N–H and O–H groups in total. The average Bonchev–Trinajstić information content (AvgIpc) is 2.55. The van der Waals surface area contributed by atoms with Gasteiger partial charge in [-0.3, -0.25) is 4.98 Å². The molecule has 0 amide bonds. The van der Waals surface area contributed by atoms with Gasteiger partial charge in [-0.25, -0.2) is 0 Å². The molecule has 0 bridgehead atoms. The van der Waals surface area contributed by atoms with Crippen LogP contribution in [0.4, 0.5) is 0 Å². The summed E-state index contributed by atoms with van der Waals surface area (Å²) in [5.41, 5.74) is 2.32. The Labute approximate surface area is 125 Å². The molecule has 1 aliphatic rings. The Morgan fingerprint density at radius 2 is 2.00 bits per heavy atom. The maximum absolute atomic E-state index is 5.63. The van der Waals surface area contributed by atoms with Gasteiger partial charge in [0.1, 0.15) is 13.2 Å². The summed E-state index contributed by atoms with van der Waals surface area (Å²) in [5.74, 6) is 1.68. The Morgan fingerprint density at radius 3 is 2.81 bits per heavy atom. The van der Waals surface area contributed by atoms with Crippen molar-refractivity contribution < 1.29 is 9.47 Å². The molecular formula is C17H20N2O2. The largest absolute Gasteiger partial charge is 0.486 e. The van der Waals surface area contributed by atoms with Crippen LogP contribution in [0.1, 0.15) is 24.2 Å². The van der Waals surface area contributed by atoms with Gasteiger partial charge in [0.05, 0.1) is 0 Å². The Kier molecular flexibility index (Phi) is 4.36. The number of hydrogen-bond donors (Lipinski definition) is 1. The molecule has 2 heterocycles. The highest BCUT2D eigenvalue weighted by Crippen LogP contribution is 2.32. The molecule has 4 heteroatoms. The lowest BCUT2D eigenvalue weighted by Crippen LogP contribution is -2.22. The average molecular weight is 284 g/mol. The second-order valence-electron chi connectivity index (χ2n) is 5.15. The Hall–Kier alpha value is -2.07. The van der Waals surface area contributed by atoms with Crippen LogP contribution in [0.15, 0.2) is 42.6 Å². The number of pyridine rings is 1. The Balaban J connectivity index is 1.56. The van der Waals surface area contributed by atoms with Crippen LogP contribution in [0.25, 0.3) is 0 Å². The van der Waals surface area contributed by atoms with Crippen LogP contribution in [0, 0.1) is 0 Å². The number of aromatic nitrogens is 1. The molecule has 1 atom stereocenters. The van der Waals surface area contributed by atoms with Gasteiger partial charge in [-0.1, -0.05) is 12.1 Å². The van der Waals surface area contributed by atoms with Crippen molar-refractivity contribution in [1.82, 2.24) is 10.3 Å². The molecule has 0 fully saturated rings. The molecule has 1 unspecified atom stereocenters. The van der Waals surface area contributed by atoms with E-state index in [0.717, 1.165) is 30.2 Å². The fourth-order valence-corrected chi connectivity index (χ4v) is 2.41. The molecule has 1 aromatic carbocycles. The van der Waals surface area contributed by atoms with Crippen LogP contribution in [0.5, 0.6) is 11.5 Å². The first-order valence-electron chi connectivity index (χ1n) is 7.36. The first-order valence-corrected chi connectivity index (χ1v) is 7.36. The number of benzene rings is 1. The van der Waals surface area contributed by atoms with Crippen LogP contribution in [-0.4, -0.2) is 24.7 Å². The van der Waals surface area contributed by atoms with Gasteiger partial charge in [-0.15, -0.1) is 0 Å². The van der Waals surface area contributed by atoms with Crippen molar-refractivity contribution in [3.8, 4) is 11.5 Å². The second-order valence-corrected chi connectivity index (χ2v) is 5.15. The molecule has 0 saturated heterocycles. The molecule has 1 aromatic heterocycles. The summed E-state index contributed by atoms with van der Waals surface area (Å²) in [6.07, 6.45) is 2.76. The lowest BCUT2D eigenvalue weighted by atomic mass is 10.1. The van der Waals surface area contributed by atoms with Gasteiger partial charge >= 0.3 is 0 Å². The predicted octanol–water partition coefficient (Wildman–Crippen LogP) is 2.75. The summed E-state index contributed by atoms with van der Waals surface area (Å²) in [4.78, 5) is 4.33. The van der Waals surface area contributed by atoms with Gasteiger partial charge in [0, 0.05) is 30.9 Å². The summed E-state index contributed by atoms with van der Waals surface area (Å²) in [6, 6.07) is 12.4. The first-order chi connectivity index (χ1) is 10.3. The van der Waals surface area contributed by atoms with E-state index in [1.807, 2.05) is 24.4 Å². The molecule has 0 spiro atoms. The number of fused-ring (bicyclic) bond motifs is 1. The smallest absolute Gasteiger partial charge is 0.161 e. The summed E-state index contributed by atoms with van der Waals surface area (Å²) in [5, 5.41) is 3.52. The number of nitrogens with one attached hydrogen (secondary N) is 1. The maximum atomic E-state index is 5.63. The SMILES string of the molecule is CC(NCCc1ccccn1)c1ccc2c(c1)OCCO2. The quantitative estimate of drug-likeness (QED) is 0.917. The molecular weight excluding hydrogens is 264 g/mol. The zero-order valence-corrected chi connectivity index (χ0v) is 12.2. The van der Waals surface area contributed by atoms with Crippen LogP contribution in [0.2, 0.25) is 0 Å². The number of hydrogen-bond acceptors (Lipinski definition) is 4. The highest BCUT2D eigenvalue weighted by molar-refractivity contribution is 5.44. The number of rotatable bonds is 5. The van der Waals surface area contributed by atoms with Crippen molar-refractivity contribution in [3.05, 3.63) is 53.9 Å². The lowest BCUT2D eigenvalue weighted by molar-refractivity contribution is 0.171. The van der Waals surface area contributed by atoms with E-state index in [2.05, 4.69) is 35.4 Å². The van der Waals surface area contributed by atoms with Crippen molar-refractivity contribution in [2.24, 2.45) is 0 Å². The van der Waals surface area contributed by atoms with E-state index in [-0.39, 0.29) is 6.04 Å². The standard InChI is InChI=1S/C17H20N2O2/c1-13(18-9-7-15-4-2-3-8-19-15)14-5-6-16-17(12-14)21-11-10-20-16/h2-6,8,12-13,18H,7,9-11H2,1H3. The van der Waals surface area contributed by atoms with E-state index in [9.17, 15) is 0 Å². The third-order valence-electron chi connectivity index (χ3n) is 3.62. The first kappa shape index (κ1) is 13.9. The minimum Gasteiger partial charge on any atom is -0.486 e. The minimum atomic E-state index is 0.268. The molecule has 2 aromatic rings. The molecule has 4 nitrogen and oxygen atoms in total. The summed E-state index contributed by atoms with van der Waals surface area (Å²) in [7, 11) is 0. The zero-order chi connectivity index (χ0) is 14.5. The van der Waals surface area contributed by atoms with Crippen LogP contribution < -0.4 is 14.8 Å². The molecule has 21 heavy (non-hydrogen) atoms. The minimum absolute atomic E-state index is 0.268. The van der Waals surface area contributed by atoms with Crippen molar-refractivity contribution in [2.45, 2.75) is 19.4 Å². The Morgan fingerprint density at radius 1 is 1.14 bits per heavy atom. The van der Waals surface area contributed by atoms with E-state index in [1.165, 1.54) is 5.56 Å². The molecule has 0 aliphatic carbocycles. The summed E-state index contributed by atoms with van der Waals surface area (Å²) in [6.45, 7) is 4.30. The van der Waals surface area contributed by atoms with Crippen molar-refractivity contribution >= 4 is 0 Å². The van der Waals surface area contributed by atoms with Gasteiger partial charge in [0.2, 0.25) is 0 Å². The van der Waals surface area contributed by atoms with E-state index in [4.69, 9.17) is 9.47 Å². The van der Waals surface area contributed by atoms with Gasteiger partial charge in [0.15, 0.2) is 11.5 Å². The van der Waals surface area contributed by atoms with Crippen LogP contribution in [0.3, 0.4) is 0 Å². The highest BCUT2D eigenvalue weighted by atomic mass is 16.6. The van der Waals surface area contributed by atoms with Crippen molar-refractivity contribution in [3.63, 3.8) is 0 Å². The van der Waals surface area contributed by atoms with Gasteiger partial charge < -0.3 is 14.8 Å². The molecule has 110 valence electrons. The monoisotopic (exact) mass is 284 g/mol. The highest BCUT2D eigenvalue weighted by Gasteiger charge is 2.14. The van der Waals surface area contributed by atoms with Crippen LogP contribution >= 0.6 is 0 Å². The van der Waals surface area contributed by atoms with Gasteiger partial charge in [-0.05, 0) is 36.8 Å². The number of nitrogens with zero attached hydrogens (tertiary/aromatic N) is 1. The third-order valence-corrected chi connectivity index (χ3v) is 3.62. The molecule has 0 saturated carbocycles. The van der Waals surface area contributed by atoms with E-state index < -0.39 is 0 Å². The van der Waals surface area contributed by atoms with E-state index >= 15 is 0 Å². The lowest BCUT2D eigenvalue weighted by Gasteiger charge is -2.21. The molecule has 1 aliphatic heterocycles. The summed E-state index contributed by atoms with van der Waals surface area (Å²) < 4.78 is 11.2. The summed E-state index contributed by atoms with van der Waals surface area (Å²) >= 11 is 0. The topological polar surface area (TPSA) is 43.4 Å². The second kappa shape index (κ2) is 6.59. The normalized spacial score (nSPS) is 14.7. The fraction of sp³-hybridized carbons (Fsp3) is 0.353.